The maximum Gasteiger partial charge on any atom is 0.255 e. The molecule has 1 N–H and O–H groups in total. The fraction of sp³-hybridized carbons (Fsp3) is 0.409. The minimum atomic E-state index is -0.0881. The first-order chi connectivity index (χ1) is 25.2. The fourth-order valence-electron chi connectivity index (χ4n) is 7.30. The van der Waals surface area contributed by atoms with E-state index in [1.54, 1.807) is 31.4 Å². The molecule has 0 saturated carbocycles. The number of piperidine rings is 2. The van der Waals surface area contributed by atoms with Gasteiger partial charge in [-0.2, -0.15) is 0 Å². The highest BCUT2D eigenvalue weighted by Crippen LogP contribution is 2.28. The molecular weight excluding hydrogens is 668 g/mol. The number of likely N-dealkylation sites (tertiary alicyclic amines) is 2. The maximum atomic E-state index is 13.2. The topological polar surface area (TPSA) is 65.1 Å². The largest absolute Gasteiger partial charge is 0.497 e. The van der Waals surface area contributed by atoms with Crippen molar-refractivity contribution in [2.45, 2.75) is 83.3 Å². The van der Waals surface area contributed by atoms with Gasteiger partial charge in [0.25, 0.3) is 5.91 Å². The number of anilines is 2. The molecule has 2 aliphatic heterocycles. The van der Waals surface area contributed by atoms with Gasteiger partial charge in [0.2, 0.25) is 5.91 Å². The Bertz CT molecular complexity index is 1690. The third-order valence-corrected chi connectivity index (χ3v) is 10.7. The molecule has 2 fully saturated rings. The predicted octanol–water partition coefficient (Wildman–Crippen LogP) is 9.15. The zero-order valence-corrected chi connectivity index (χ0v) is 32.0. The van der Waals surface area contributed by atoms with Crippen LogP contribution in [0.2, 0.25) is 5.02 Å². The number of ether oxygens (including phenoxy) is 1. The van der Waals surface area contributed by atoms with Gasteiger partial charge in [-0.25, -0.2) is 0 Å². The van der Waals surface area contributed by atoms with Crippen molar-refractivity contribution in [3.8, 4) is 5.75 Å². The van der Waals surface area contributed by atoms with Gasteiger partial charge in [0.05, 0.1) is 13.5 Å². The van der Waals surface area contributed by atoms with E-state index in [0.29, 0.717) is 29.1 Å². The second kappa shape index (κ2) is 19.6. The Morgan fingerprint density at radius 2 is 1.52 bits per heavy atom. The highest BCUT2D eigenvalue weighted by Gasteiger charge is 2.30. The molecule has 52 heavy (non-hydrogen) atoms. The van der Waals surface area contributed by atoms with Crippen LogP contribution in [0.25, 0.3) is 0 Å². The second-order valence-corrected chi connectivity index (χ2v) is 14.7. The second-order valence-electron chi connectivity index (χ2n) is 14.3. The van der Waals surface area contributed by atoms with Crippen LogP contribution in [0, 0.1) is 0 Å². The molecule has 2 saturated heterocycles. The summed E-state index contributed by atoms with van der Waals surface area (Å²) in [4.78, 5) is 32.7. The summed E-state index contributed by atoms with van der Waals surface area (Å²) in [6, 6.07) is 34.4. The van der Waals surface area contributed by atoms with E-state index in [-0.39, 0.29) is 17.9 Å². The minimum Gasteiger partial charge on any atom is -0.497 e. The third-order valence-electron chi connectivity index (χ3n) is 10.5. The van der Waals surface area contributed by atoms with Crippen LogP contribution in [-0.4, -0.2) is 73.5 Å². The van der Waals surface area contributed by atoms with Crippen LogP contribution in [0.1, 0.15) is 73.9 Å². The number of amides is 2. The van der Waals surface area contributed by atoms with Crippen LogP contribution in [0.15, 0.2) is 103 Å². The lowest BCUT2D eigenvalue weighted by molar-refractivity contribution is -0.118. The molecule has 2 aliphatic rings. The number of rotatable bonds is 11. The molecule has 4 aromatic rings. The highest BCUT2D eigenvalue weighted by atomic mass is 35.5. The Kier molecular flexibility index (Phi) is 14.7. The number of aryl methyl sites for hydroxylation is 1. The molecule has 276 valence electrons. The van der Waals surface area contributed by atoms with Gasteiger partial charge in [0.15, 0.2) is 0 Å². The Hall–Kier alpha value is -4.17. The number of methoxy groups -OCH3 is 1. The van der Waals surface area contributed by atoms with Crippen molar-refractivity contribution in [2.75, 3.05) is 44.0 Å². The molecule has 0 bridgehead atoms. The number of hydrogen-bond acceptors (Lipinski definition) is 5. The summed E-state index contributed by atoms with van der Waals surface area (Å²) >= 11 is 6.06. The lowest BCUT2D eigenvalue weighted by atomic mass is 9.96. The van der Waals surface area contributed by atoms with Gasteiger partial charge in [-0.15, -0.1) is 0 Å². The molecule has 2 heterocycles. The van der Waals surface area contributed by atoms with Crippen LogP contribution in [-0.2, 0) is 17.6 Å². The van der Waals surface area contributed by atoms with Crippen molar-refractivity contribution >= 4 is 34.8 Å². The maximum absolute atomic E-state index is 13.2. The first-order valence-electron chi connectivity index (χ1n) is 18.8. The number of carbonyl (C=O) groups is 2. The Morgan fingerprint density at radius 1 is 0.846 bits per heavy atom. The third kappa shape index (κ3) is 11.2. The Balaban J connectivity index is 0.000000201. The van der Waals surface area contributed by atoms with Gasteiger partial charge in [0.1, 0.15) is 5.75 Å². The van der Waals surface area contributed by atoms with Crippen molar-refractivity contribution < 1.29 is 14.3 Å². The summed E-state index contributed by atoms with van der Waals surface area (Å²) in [5, 5.41) is 3.76. The lowest BCUT2D eigenvalue weighted by Gasteiger charge is -2.40. The number of benzene rings is 4. The van der Waals surface area contributed by atoms with Crippen LogP contribution in [0.3, 0.4) is 0 Å². The van der Waals surface area contributed by atoms with E-state index in [2.05, 4.69) is 42.1 Å². The Morgan fingerprint density at radius 3 is 2.17 bits per heavy atom. The standard InChI is InChI=1S/C22H27ClN2O.C22H28N2O2/c1-17(2)24-14-12-21(13-15-24)25(20-10-8-19(23)9-11-20)22(26)16-18-6-4-3-5-7-18;1-24-16-6-5-8-19(24)13-10-17-7-3-4-9-21(17)23-22(25)18-11-14-20(26-2)15-12-18/h3-11,17,21H,12-16H2,1-2H3;3-4,7,9,11-12,14-15,19H,5-6,8,10,13,16H2,1-2H3,(H,23,25). The summed E-state index contributed by atoms with van der Waals surface area (Å²) < 4.78 is 5.15. The van der Waals surface area contributed by atoms with E-state index in [0.717, 1.165) is 61.5 Å². The van der Waals surface area contributed by atoms with Crippen LogP contribution in [0.5, 0.6) is 5.75 Å². The van der Waals surface area contributed by atoms with Gasteiger partial charge in [-0.1, -0.05) is 66.6 Å². The molecule has 4 aromatic carbocycles. The molecule has 0 aliphatic carbocycles. The van der Waals surface area contributed by atoms with E-state index in [1.807, 2.05) is 77.7 Å². The quantitative estimate of drug-likeness (QED) is 0.167. The van der Waals surface area contributed by atoms with E-state index in [9.17, 15) is 9.59 Å². The molecule has 7 nitrogen and oxygen atoms in total. The molecule has 1 unspecified atom stereocenters. The summed E-state index contributed by atoms with van der Waals surface area (Å²) in [6.45, 7) is 7.73. The van der Waals surface area contributed by atoms with Crippen molar-refractivity contribution in [1.82, 2.24) is 9.80 Å². The monoisotopic (exact) mass is 722 g/mol. The molecular formula is C44H55ClN4O3. The average Bonchev–Trinajstić information content (AvgIpc) is 3.17. The molecule has 8 heteroatoms. The number of hydrogen-bond donors (Lipinski definition) is 1. The van der Waals surface area contributed by atoms with Gasteiger partial charge in [-0.05, 0) is 132 Å². The zero-order valence-electron chi connectivity index (χ0n) is 31.3. The number of para-hydroxylation sites is 1. The fourth-order valence-corrected chi connectivity index (χ4v) is 7.43. The van der Waals surface area contributed by atoms with E-state index in [4.69, 9.17) is 16.3 Å². The molecule has 0 spiro atoms. The lowest BCUT2D eigenvalue weighted by Crippen LogP contribution is -2.49. The van der Waals surface area contributed by atoms with Crippen LogP contribution in [0.4, 0.5) is 11.4 Å². The average molecular weight is 723 g/mol. The van der Waals surface area contributed by atoms with E-state index in [1.165, 1.54) is 31.4 Å². The van der Waals surface area contributed by atoms with E-state index >= 15 is 0 Å². The number of carbonyl (C=O) groups excluding carboxylic acids is 2. The van der Waals surface area contributed by atoms with Crippen molar-refractivity contribution in [3.05, 3.63) is 125 Å². The molecule has 0 aromatic heterocycles. The summed E-state index contributed by atoms with van der Waals surface area (Å²) in [5.74, 6) is 0.815. The number of nitrogens with zero attached hydrogens (tertiary/aromatic N) is 3. The van der Waals surface area contributed by atoms with Crippen LogP contribution < -0.4 is 15.0 Å². The smallest absolute Gasteiger partial charge is 0.255 e. The summed E-state index contributed by atoms with van der Waals surface area (Å²) in [7, 11) is 3.84. The predicted molar refractivity (Wildman–Crippen MR) is 215 cm³/mol. The van der Waals surface area contributed by atoms with Gasteiger partial charge in [-0.3, -0.25) is 9.59 Å². The number of halogens is 1. The first-order valence-corrected chi connectivity index (χ1v) is 19.2. The van der Waals surface area contributed by atoms with Crippen LogP contribution >= 0.6 is 11.6 Å². The summed E-state index contributed by atoms with van der Waals surface area (Å²) in [6.07, 6.45) is 8.44. The number of nitrogens with one attached hydrogen (secondary N) is 1. The zero-order chi connectivity index (χ0) is 36.9. The SMILES string of the molecule is CC(C)N1CCC(N(C(=O)Cc2ccccc2)c2ccc(Cl)cc2)CC1.COc1ccc(C(=O)Nc2ccccc2CCC2CCCCN2C)cc1. The first kappa shape index (κ1) is 39.0. The minimum absolute atomic E-state index is 0.0881. The van der Waals surface area contributed by atoms with Crippen molar-refractivity contribution in [2.24, 2.45) is 0 Å². The van der Waals surface area contributed by atoms with Gasteiger partial charge < -0.3 is 24.8 Å². The molecule has 0 radical (unpaired) electrons. The van der Waals surface area contributed by atoms with E-state index < -0.39 is 0 Å². The van der Waals surface area contributed by atoms with Gasteiger partial charge in [0, 0.05) is 53.2 Å². The van der Waals surface area contributed by atoms with Gasteiger partial charge >= 0.3 is 0 Å². The molecule has 6 rings (SSSR count). The highest BCUT2D eigenvalue weighted by molar-refractivity contribution is 6.30. The van der Waals surface area contributed by atoms with Crippen molar-refractivity contribution in [3.63, 3.8) is 0 Å². The molecule has 1 atom stereocenters. The normalized spacial score (nSPS) is 16.8. The molecule has 2 amide bonds. The Labute approximate surface area is 315 Å². The van der Waals surface area contributed by atoms with Crippen molar-refractivity contribution in [1.29, 1.82) is 0 Å². The summed E-state index contributed by atoms with van der Waals surface area (Å²) in [5.41, 5.74) is 4.74.